The summed E-state index contributed by atoms with van der Waals surface area (Å²) in [6, 6.07) is 11.1. The summed E-state index contributed by atoms with van der Waals surface area (Å²) >= 11 is 4.12. The van der Waals surface area contributed by atoms with E-state index < -0.39 is 5.63 Å². The first kappa shape index (κ1) is 15.5. The zero-order chi connectivity index (χ0) is 16.4. The molecule has 3 rings (SSSR count). The number of carbonyl (C=O) groups excluding carboxylic acids is 1. The zero-order valence-electron chi connectivity index (χ0n) is 11.6. The molecule has 23 heavy (non-hydrogen) atoms. The molecule has 0 bridgehead atoms. The van der Waals surface area contributed by atoms with Gasteiger partial charge in [-0.05, 0) is 29.8 Å². The molecule has 1 heterocycles. The van der Waals surface area contributed by atoms with Gasteiger partial charge in [-0.2, -0.15) is 0 Å². The second-order valence-corrected chi connectivity index (χ2v) is 5.77. The summed E-state index contributed by atoms with van der Waals surface area (Å²) in [5, 5.41) is 9.38. The molecule has 0 saturated carbocycles. The third-order valence-electron chi connectivity index (χ3n) is 3.28. The fourth-order valence-electron chi connectivity index (χ4n) is 2.26. The SMILES string of the molecule is O=COc1cc2oc(=O)c(-c3ccc(O)cc3)c-2ccc1SS. The Morgan fingerprint density at radius 3 is 2.57 bits per heavy atom. The van der Waals surface area contributed by atoms with Gasteiger partial charge in [0, 0.05) is 11.6 Å². The normalized spacial score (nSPS) is 10.7. The summed E-state index contributed by atoms with van der Waals surface area (Å²) in [5.41, 5.74) is 1.07. The van der Waals surface area contributed by atoms with Crippen molar-refractivity contribution in [3.05, 3.63) is 52.9 Å². The number of fused-ring (bicyclic) bond motifs is 1. The highest BCUT2D eigenvalue weighted by Gasteiger charge is 2.20. The number of aromatic hydroxyl groups is 1. The first-order valence-electron chi connectivity index (χ1n) is 6.46. The molecule has 2 aliphatic rings. The molecule has 1 aliphatic heterocycles. The van der Waals surface area contributed by atoms with Crippen molar-refractivity contribution in [2.24, 2.45) is 0 Å². The van der Waals surface area contributed by atoms with Crippen LogP contribution in [-0.2, 0) is 4.79 Å². The third-order valence-corrected chi connectivity index (χ3v) is 4.40. The van der Waals surface area contributed by atoms with Gasteiger partial charge in [0.05, 0.1) is 10.5 Å². The molecule has 1 aromatic rings. The number of thiol groups is 1. The van der Waals surface area contributed by atoms with Crippen LogP contribution < -0.4 is 10.4 Å². The Labute approximate surface area is 140 Å². The average molecular weight is 346 g/mol. The average Bonchev–Trinajstić information content (AvgIpc) is 2.74. The lowest BCUT2D eigenvalue weighted by Gasteiger charge is -1.99. The second kappa shape index (κ2) is 6.39. The van der Waals surface area contributed by atoms with E-state index in [2.05, 4.69) is 11.7 Å². The standard InChI is InChI=1S/C16H10O5S2/c17-8-20-13-7-12-11(5-6-14(13)23-22)15(16(19)21-12)9-1-3-10(18)4-2-9/h1-8,18,22H. The highest BCUT2D eigenvalue weighted by molar-refractivity contribution is 8.68. The smallest absolute Gasteiger partial charge is 0.344 e. The summed E-state index contributed by atoms with van der Waals surface area (Å²) in [7, 11) is 1.11. The van der Waals surface area contributed by atoms with Gasteiger partial charge in [0.25, 0.3) is 6.47 Å². The van der Waals surface area contributed by atoms with Gasteiger partial charge in [0.2, 0.25) is 0 Å². The van der Waals surface area contributed by atoms with Crippen LogP contribution in [0.25, 0.3) is 22.5 Å². The van der Waals surface area contributed by atoms with Crippen LogP contribution in [-0.4, -0.2) is 11.6 Å². The fourth-order valence-corrected chi connectivity index (χ4v) is 3.04. The van der Waals surface area contributed by atoms with Gasteiger partial charge in [0.1, 0.15) is 17.3 Å². The van der Waals surface area contributed by atoms with Crippen molar-refractivity contribution >= 4 is 28.9 Å². The molecule has 0 radical (unpaired) electrons. The van der Waals surface area contributed by atoms with Crippen LogP contribution in [0.5, 0.6) is 11.5 Å². The van der Waals surface area contributed by atoms with E-state index in [-0.39, 0.29) is 11.5 Å². The van der Waals surface area contributed by atoms with Crippen molar-refractivity contribution in [2.75, 3.05) is 0 Å². The maximum atomic E-state index is 12.2. The number of hydrogen-bond acceptors (Lipinski definition) is 7. The molecule has 0 fully saturated rings. The van der Waals surface area contributed by atoms with Crippen LogP contribution in [0.4, 0.5) is 0 Å². The van der Waals surface area contributed by atoms with E-state index in [0.717, 1.165) is 10.8 Å². The van der Waals surface area contributed by atoms with Gasteiger partial charge in [0.15, 0.2) is 0 Å². The van der Waals surface area contributed by atoms with Crippen LogP contribution >= 0.6 is 22.5 Å². The van der Waals surface area contributed by atoms with Crippen molar-refractivity contribution in [3.63, 3.8) is 0 Å². The minimum atomic E-state index is -0.506. The summed E-state index contributed by atoms with van der Waals surface area (Å²) < 4.78 is 10.2. The molecule has 0 aromatic heterocycles. The third kappa shape index (κ3) is 2.93. The lowest BCUT2D eigenvalue weighted by Crippen LogP contribution is -1.95. The molecular formula is C16H10O5S2. The Hall–Kier alpha value is -2.38. The van der Waals surface area contributed by atoms with Crippen molar-refractivity contribution in [1.29, 1.82) is 0 Å². The molecule has 0 unspecified atom stereocenters. The molecule has 116 valence electrons. The summed E-state index contributed by atoms with van der Waals surface area (Å²) in [6.07, 6.45) is 0. The number of furan rings is 1. The molecular weight excluding hydrogens is 336 g/mol. The van der Waals surface area contributed by atoms with Crippen LogP contribution in [0.15, 0.2) is 56.6 Å². The van der Waals surface area contributed by atoms with E-state index >= 15 is 0 Å². The summed E-state index contributed by atoms with van der Waals surface area (Å²) in [5.74, 6) is 0.652. The summed E-state index contributed by atoms with van der Waals surface area (Å²) in [6.45, 7) is 0.302. The van der Waals surface area contributed by atoms with E-state index in [9.17, 15) is 14.7 Å². The van der Waals surface area contributed by atoms with E-state index in [4.69, 9.17) is 9.15 Å². The van der Waals surface area contributed by atoms with E-state index in [0.29, 0.717) is 33.8 Å². The fraction of sp³-hybridized carbons (Fsp3) is 0. The first-order valence-corrected chi connectivity index (χ1v) is 8.33. The van der Waals surface area contributed by atoms with Gasteiger partial charge < -0.3 is 14.3 Å². The number of benzene rings is 1. The maximum Gasteiger partial charge on any atom is 0.344 e. The van der Waals surface area contributed by atoms with Crippen molar-refractivity contribution < 1.29 is 19.1 Å². The Morgan fingerprint density at radius 2 is 1.91 bits per heavy atom. The molecule has 7 heteroatoms. The maximum absolute atomic E-state index is 12.2. The van der Waals surface area contributed by atoms with Crippen LogP contribution in [0.1, 0.15) is 0 Å². The largest absolute Gasteiger partial charge is 0.508 e. The number of phenols is 1. The van der Waals surface area contributed by atoms with Gasteiger partial charge in [-0.3, -0.25) is 4.79 Å². The van der Waals surface area contributed by atoms with Crippen LogP contribution in [0, 0.1) is 0 Å². The minimum absolute atomic E-state index is 0.106. The molecule has 0 spiro atoms. The summed E-state index contributed by atoms with van der Waals surface area (Å²) in [4.78, 5) is 23.4. The number of carbonyl (C=O) groups is 1. The Bertz CT molecular complexity index is 886. The second-order valence-electron chi connectivity index (χ2n) is 4.60. The predicted octanol–water partition coefficient (Wildman–Crippen LogP) is 3.59. The van der Waals surface area contributed by atoms with Crippen molar-refractivity contribution in [1.82, 2.24) is 0 Å². The molecule has 0 saturated heterocycles. The van der Waals surface area contributed by atoms with Gasteiger partial charge in [-0.15, -0.1) is 11.7 Å². The van der Waals surface area contributed by atoms with Crippen LogP contribution in [0.2, 0.25) is 0 Å². The minimum Gasteiger partial charge on any atom is -0.508 e. The van der Waals surface area contributed by atoms with E-state index in [1.807, 2.05) is 0 Å². The number of rotatable bonds is 4. The Balaban J connectivity index is 2.24. The number of ether oxygens (including phenoxy) is 1. The number of phenolic OH excluding ortho intramolecular Hbond substituents is 1. The molecule has 1 aromatic carbocycles. The van der Waals surface area contributed by atoms with Crippen molar-refractivity contribution in [2.45, 2.75) is 4.90 Å². The Kier molecular flexibility index (Phi) is 4.31. The molecule has 1 aliphatic carbocycles. The van der Waals surface area contributed by atoms with Gasteiger partial charge >= 0.3 is 5.63 Å². The molecule has 0 amide bonds. The quantitative estimate of drug-likeness (QED) is 0.427. The van der Waals surface area contributed by atoms with E-state index in [1.165, 1.54) is 18.2 Å². The molecule has 1 N–H and O–H groups in total. The molecule has 0 atom stereocenters. The number of hydrogen-bond donors (Lipinski definition) is 2. The predicted molar refractivity (Wildman–Crippen MR) is 90.2 cm³/mol. The monoisotopic (exact) mass is 346 g/mol. The first-order chi connectivity index (χ1) is 11.1. The molecule has 5 nitrogen and oxygen atoms in total. The lowest BCUT2D eigenvalue weighted by atomic mass is 10.0. The van der Waals surface area contributed by atoms with Crippen LogP contribution in [0.3, 0.4) is 0 Å². The zero-order valence-corrected chi connectivity index (χ0v) is 13.3. The highest BCUT2D eigenvalue weighted by atomic mass is 33.1. The van der Waals surface area contributed by atoms with E-state index in [1.54, 1.807) is 24.3 Å². The highest BCUT2D eigenvalue weighted by Crippen LogP contribution is 2.38. The topological polar surface area (TPSA) is 76.7 Å². The Morgan fingerprint density at radius 1 is 1.17 bits per heavy atom. The van der Waals surface area contributed by atoms with Gasteiger partial charge in [-0.25, -0.2) is 4.79 Å². The van der Waals surface area contributed by atoms with Crippen molar-refractivity contribution in [3.8, 4) is 33.9 Å². The lowest BCUT2D eigenvalue weighted by molar-refractivity contribution is -0.120. The van der Waals surface area contributed by atoms with Gasteiger partial charge in [-0.1, -0.05) is 22.9 Å².